The van der Waals surface area contributed by atoms with Crippen molar-refractivity contribution in [1.29, 1.82) is 0 Å². The van der Waals surface area contributed by atoms with Crippen LogP contribution in [0.2, 0.25) is 0 Å². The number of ether oxygens (including phenoxy) is 2. The number of esters is 2. The van der Waals surface area contributed by atoms with Crippen molar-refractivity contribution in [3.05, 3.63) is 0 Å². The molecule has 1 heterocycles. The largest absolute Gasteiger partial charge is 0.462 e. The fraction of sp³-hybridized carbons (Fsp3) is 0.857. The second-order valence-electron chi connectivity index (χ2n) is 7.35. The highest BCUT2D eigenvalue weighted by Gasteiger charge is 2.77. The third kappa shape index (κ3) is 2.95. The first-order valence-corrected chi connectivity index (χ1v) is 9.63. The van der Waals surface area contributed by atoms with Crippen molar-refractivity contribution in [2.24, 2.45) is 29.6 Å². The van der Waals surface area contributed by atoms with Gasteiger partial charge >= 0.3 is 29.9 Å². The molecular formula is C14H14F6O7S. The number of fused-ring (bicyclic) bond motifs is 1. The lowest BCUT2D eigenvalue weighted by Gasteiger charge is -2.37. The zero-order chi connectivity index (χ0) is 21.4. The highest BCUT2D eigenvalue weighted by molar-refractivity contribution is 7.85. The maximum Gasteiger partial charge on any atom is 0.438 e. The van der Waals surface area contributed by atoms with Crippen LogP contribution in [0.4, 0.5) is 26.3 Å². The summed E-state index contributed by atoms with van der Waals surface area (Å²) in [6, 6.07) is 0. The van der Waals surface area contributed by atoms with Gasteiger partial charge in [0.25, 0.3) is 10.1 Å². The van der Waals surface area contributed by atoms with Gasteiger partial charge in [0.1, 0.15) is 11.9 Å². The standard InChI is InChI=1S/C14H14F6O7S/c1-4-5-2-6-8(10(21)26-9(4)6)7(5)11(22)27-12(13(15,16)17,14(18,19)20)3-28(23,24)25/h4-9H,2-3H2,1H3,(H,23,24,25). The number of carbonyl (C=O) groups excluding carboxylic acids is 2. The van der Waals surface area contributed by atoms with E-state index in [1.807, 2.05) is 0 Å². The minimum atomic E-state index is -6.40. The fourth-order valence-electron chi connectivity index (χ4n) is 4.67. The Morgan fingerprint density at radius 3 is 2.18 bits per heavy atom. The Balaban J connectivity index is 2.00. The summed E-state index contributed by atoms with van der Waals surface area (Å²) in [5, 5.41) is 0. The summed E-state index contributed by atoms with van der Waals surface area (Å²) in [5.41, 5.74) is -5.47. The average molecular weight is 440 g/mol. The van der Waals surface area contributed by atoms with Gasteiger partial charge in [-0.2, -0.15) is 34.8 Å². The molecule has 2 saturated carbocycles. The van der Waals surface area contributed by atoms with Gasteiger partial charge in [-0.1, -0.05) is 6.92 Å². The van der Waals surface area contributed by atoms with Gasteiger partial charge in [-0.15, -0.1) is 0 Å². The van der Waals surface area contributed by atoms with Gasteiger partial charge < -0.3 is 9.47 Å². The van der Waals surface area contributed by atoms with E-state index in [-0.39, 0.29) is 6.42 Å². The van der Waals surface area contributed by atoms with E-state index in [2.05, 4.69) is 4.74 Å². The average Bonchev–Trinajstić information content (AvgIpc) is 3.06. The lowest BCUT2D eigenvalue weighted by molar-refractivity contribution is -0.362. The molecule has 1 aliphatic heterocycles. The lowest BCUT2D eigenvalue weighted by atomic mass is 9.75. The molecule has 0 aromatic carbocycles. The molecule has 7 nitrogen and oxygen atoms in total. The summed E-state index contributed by atoms with van der Waals surface area (Å²) in [7, 11) is -5.87. The summed E-state index contributed by atoms with van der Waals surface area (Å²) in [4.78, 5) is 24.3. The summed E-state index contributed by atoms with van der Waals surface area (Å²) < 4.78 is 119. The lowest BCUT2D eigenvalue weighted by Crippen LogP contribution is -2.64. The number of carbonyl (C=O) groups is 2. The zero-order valence-corrected chi connectivity index (χ0v) is 14.8. The van der Waals surface area contributed by atoms with E-state index in [0.717, 1.165) is 0 Å². The molecule has 1 saturated heterocycles. The van der Waals surface area contributed by atoms with Crippen molar-refractivity contribution in [3.8, 4) is 0 Å². The fourth-order valence-corrected chi connectivity index (χ4v) is 5.57. The van der Waals surface area contributed by atoms with Crippen molar-refractivity contribution in [2.75, 3.05) is 5.75 Å². The highest BCUT2D eigenvalue weighted by atomic mass is 32.2. The number of hydrogen-bond donors (Lipinski definition) is 1. The monoisotopic (exact) mass is 440 g/mol. The minimum absolute atomic E-state index is 0.186. The van der Waals surface area contributed by atoms with Crippen LogP contribution < -0.4 is 0 Å². The second kappa shape index (κ2) is 5.97. The molecule has 28 heavy (non-hydrogen) atoms. The molecule has 3 rings (SSSR count). The van der Waals surface area contributed by atoms with Crippen molar-refractivity contribution in [3.63, 3.8) is 0 Å². The van der Waals surface area contributed by atoms with Crippen molar-refractivity contribution >= 4 is 22.1 Å². The van der Waals surface area contributed by atoms with Gasteiger partial charge in [0.05, 0.1) is 11.8 Å². The van der Waals surface area contributed by atoms with Crippen LogP contribution in [0, 0.1) is 29.6 Å². The molecule has 0 amide bonds. The Hall–Kier alpha value is -1.57. The topological polar surface area (TPSA) is 107 Å². The summed E-state index contributed by atoms with van der Waals surface area (Å²) >= 11 is 0. The maximum atomic E-state index is 13.3. The molecule has 160 valence electrons. The molecule has 2 aliphatic carbocycles. The Labute approximate surface area is 154 Å². The number of hydrogen-bond acceptors (Lipinski definition) is 6. The molecular weight excluding hydrogens is 426 g/mol. The van der Waals surface area contributed by atoms with E-state index in [1.165, 1.54) is 0 Å². The smallest absolute Gasteiger partial charge is 0.438 e. The quantitative estimate of drug-likeness (QED) is 0.403. The van der Waals surface area contributed by atoms with Crippen LogP contribution >= 0.6 is 0 Å². The van der Waals surface area contributed by atoms with Gasteiger partial charge in [-0.25, -0.2) is 0 Å². The van der Waals surface area contributed by atoms with Crippen LogP contribution in [0.15, 0.2) is 0 Å². The van der Waals surface area contributed by atoms with Crippen molar-refractivity contribution < 1.29 is 58.4 Å². The normalized spacial score (nSPS) is 35.2. The second-order valence-corrected chi connectivity index (χ2v) is 8.80. The van der Waals surface area contributed by atoms with Gasteiger partial charge in [0.2, 0.25) is 0 Å². The molecule has 0 radical (unpaired) electrons. The van der Waals surface area contributed by atoms with E-state index in [9.17, 15) is 44.3 Å². The SMILES string of the molecule is CC1C2CC3C1OC(=O)C3C2C(=O)OC(CS(=O)(=O)O)(C(F)(F)F)C(F)(F)F. The zero-order valence-electron chi connectivity index (χ0n) is 14.0. The predicted octanol–water partition coefficient (Wildman–Crippen LogP) is 1.72. The minimum Gasteiger partial charge on any atom is -0.462 e. The van der Waals surface area contributed by atoms with Gasteiger partial charge in [0.15, 0.2) is 0 Å². The van der Waals surface area contributed by atoms with Crippen LogP contribution in [-0.4, -0.2) is 54.7 Å². The predicted molar refractivity (Wildman–Crippen MR) is 75.0 cm³/mol. The molecule has 3 aliphatic rings. The third-order valence-corrected chi connectivity index (χ3v) is 6.61. The van der Waals surface area contributed by atoms with E-state index in [4.69, 9.17) is 9.29 Å². The van der Waals surface area contributed by atoms with Crippen molar-refractivity contribution in [2.45, 2.75) is 37.4 Å². The molecule has 2 bridgehead atoms. The third-order valence-electron chi connectivity index (χ3n) is 5.84. The molecule has 6 unspecified atom stereocenters. The van der Waals surface area contributed by atoms with E-state index < -0.39 is 81.5 Å². The highest BCUT2D eigenvalue weighted by Crippen LogP contribution is 2.61. The Morgan fingerprint density at radius 2 is 1.71 bits per heavy atom. The Bertz CT molecular complexity index is 790. The van der Waals surface area contributed by atoms with Gasteiger partial charge in [-0.05, 0) is 18.3 Å². The molecule has 3 fully saturated rings. The number of halogens is 6. The molecule has 6 atom stereocenters. The Kier molecular flexibility index (Phi) is 4.51. The van der Waals surface area contributed by atoms with Crippen molar-refractivity contribution in [1.82, 2.24) is 0 Å². The number of alkyl halides is 6. The first kappa shape index (κ1) is 21.1. The molecule has 14 heteroatoms. The van der Waals surface area contributed by atoms with Crippen LogP contribution in [-0.2, 0) is 29.2 Å². The molecule has 0 aromatic rings. The van der Waals surface area contributed by atoms with Gasteiger partial charge in [-0.3, -0.25) is 14.1 Å². The molecule has 1 N–H and O–H groups in total. The first-order chi connectivity index (χ1) is 12.5. The van der Waals surface area contributed by atoms with Crippen LogP contribution in [0.3, 0.4) is 0 Å². The van der Waals surface area contributed by atoms with E-state index >= 15 is 0 Å². The first-order valence-electron chi connectivity index (χ1n) is 8.02. The van der Waals surface area contributed by atoms with E-state index in [1.54, 1.807) is 6.92 Å². The molecule has 0 spiro atoms. The summed E-state index contributed by atoms with van der Waals surface area (Å²) in [6.07, 6.45) is -13.2. The van der Waals surface area contributed by atoms with Crippen LogP contribution in [0.1, 0.15) is 13.3 Å². The Morgan fingerprint density at radius 1 is 1.18 bits per heavy atom. The van der Waals surface area contributed by atoms with Gasteiger partial charge in [0, 0.05) is 5.92 Å². The maximum absolute atomic E-state index is 13.3. The number of rotatable bonds is 4. The summed E-state index contributed by atoms with van der Waals surface area (Å²) in [5.74, 6) is -10.5. The van der Waals surface area contributed by atoms with Crippen LogP contribution in [0.5, 0.6) is 0 Å². The summed E-state index contributed by atoms with van der Waals surface area (Å²) in [6.45, 7) is 1.55. The molecule has 0 aromatic heterocycles. The van der Waals surface area contributed by atoms with Crippen LogP contribution in [0.25, 0.3) is 0 Å². The van der Waals surface area contributed by atoms with E-state index in [0.29, 0.717) is 0 Å².